The minimum Gasteiger partial charge on any atom is -0.435 e. The van der Waals surface area contributed by atoms with Gasteiger partial charge in [0, 0.05) is 22.5 Å². The van der Waals surface area contributed by atoms with Gasteiger partial charge in [0.25, 0.3) is 0 Å². The van der Waals surface area contributed by atoms with E-state index >= 15 is 0 Å². The van der Waals surface area contributed by atoms with Gasteiger partial charge in [-0.3, -0.25) is 0 Å². The van der Waals surface area contributed by atoms with Gasteiger partial charge in [-0.2, -0.15) is 8.78 Å². The summed E-state index contributed by atoms with van der Waals surface area (Å²) < 4.78 is 28.7. The molecule has 0 aliphatic rings. The molecule has 2 nitrogen and oxygen atoms in total. The summed E-state index contributed by atoms with van der Waals surface area (Å²) >= 11 is 0. The first kappa shape index (κ1) is 17.5. The van der Waals surface area contributed by atoms with Gasteiger partial charge >= 0.3 is 6.61 Å². The third-order valence-corrected chi connectivity index (χ3v) is 3.57. The Kier molecular flexibility index (Phi) is 5.50. The van der Waals surface area contributed by atoms with Gasteiger partial charge in [0.05, 0.1) is 0 Å². The number of hydrogen-bond acceptors (Lipinski definition) is 2. The number of aryl methyl sites for hydroxylation is 1. The quantitative estimate of drug-likeness (QED) is 0.607. The van der Waals surface area contributed by atoms with Crippen molar-refractivity contribution in [2.24, 2.45) is 0 Å². The Morgan fingerprint density at radius 2 is 1.50 bits per heavy atom. The smallest absolute Gasteiger partial charge is 0.387 e. The van der Waals surface area contributed by atoms with E-state index in [1.54, 1.807) is 12.1 Å². The fraction of sp³-hybridized carbons (Fsp3) is 0.0909. The van der Waals surface area contributed by atoms with E-state index < -0.39 is 6.61 Å². The molecule has 0 fully saturated rings. The largest absolute Gasteiger partial charge is 0.435 e. The molecule has 3 aromatic carbocycles. The monoisotopic (exact) mass is 349 g/mol. The van der Waals surface area contributed by atoms with E-state index in [0.29, 0.717) is 0 Å². The molecule has 4 heteroatoms. The van der Waals surface area contributed by atoms with Crippen molar-refractivity contribution < 1.29 is 13.5 Å². The predicted molar refractivity (Wildman–Crippen MR) is 100.0 cm³/mol. The molecular formula is C22H17F2NO. The molecule has 0 aliphatic carbocycles. The molecule has 0 aliphatic heterocycles. The van der Waals surface area contributed by atoms with E-state index in [4.69, 9.17) is 0 Å². The van der Waals surface area contributed by atoms with Gasteiger partial charge in [-0.05, 0) is 67.1 Å². The highest BCUT2D eigenvalue weighted by Gasteiger charge is 2.03. The molecular weight excluding hydrogens is 332 g/mol. The number of benzene rings is 3. The summed E-state index contributed by atoms with van der Waals surface area (Å²) in [5, 5.41) is 3.35. The van der Waals surface area contributed by atoms with Crippen LogP contribution in [0, 0.1) is 18.8 Å². The normalized spacial score (nSPS) is 10.2. The number of hydrogen-bond donors (Lipinski definition) is 1. The summed E-state index contributed by atoms with van der Waals surface area (Å²) in [4.78, 5) is 0. The Morgan fingerprint density at radius 3 is 2.19 bits per heavy atom. The average molecular weight is 349 g/mol. The minimum atomic E-state index is -2.82. The Bertz CT molecular complexity index is 926. The molecule has 0 saturated heterocycles. The van der Waals surface area contributed by atoms with Crippen LogP contribution in [0.4, 0.5) is 20.2 Å². The fourth-order valence-corrected chi connectivity index (χ4v) is 2.48. The Balaban J connectivity index is 1.77. The number of ether oxygens (including phenoxy) is 1. The molecule has 0 bridgehead atoms. The maximum absolute atomic E-state index is 12.2. The van der Waals surface area contributed by atoms with Gasteiger partial charge in [-0.1, -0.05) is 30.0 Å². The van der Waals surface area contributed by atoms with Crippen molar-refractivity contribution in [3.63, 3.8) is 0 Å². The second-order valence-corrected chi connectivity index (χ2v) is 5.73. The zero-order chi connectivity index (χ0) is 18.4. The van der Waals surface area contributed by atoms with Gasteiger partial charge in [-0.25, -0.2) is 0 Å². The third kappa shape index (κ3) is 5.09. The van der Waals surface area contributed by atoms with Crippen LogP contribution in [0.2, 0.25) is 0 Å². The highest BCUT2D eigenvalue weighted by molar-refractivity contribution is 5.63. The molecule has 0 atom stereocenters. The van der Waals surface area contributed by atoms with Crippen LogP contribution in [0.1, 0.15) is 16.7 Å². The maximum Gasteiger partial charge on any atom is 0.387 e. The van der Waals surface area contributed by atoms with Crippen LogP contribution in [-0.2, 0) is 0 Å². The van der Waals surface area contributed by atoms with Crippen molar-refractivity contribution in [3.05, 3.63) is 89.5 Å². The minimum absolute atomic E-state index is 0.121. The van der Waals surface area contributed by atoms with Gasteiger partial charge in [-0.15, -0.1) is 0 Å². The Hall–Kier alpha value is -3.32. The molecule has 0 amide bonds. The predicted octanol–water partition coefficient (Wildman–Crippen LogP) is 5.74. The molecule has 130 valence electrons. The highest BCUT2D eigenvalue weighted by Crippen LogP contribution is 2.19. The van der Waals surface area contributed by atoms with E-state index in [-0.39, 0.29) is 5.75 Å². The number of halogens is 2. The molecule has 0 saturated carbocycles. The van der Waals surface area contributed by atoms with E-state index in [2.05, 4.69) is 28.0 Å². The lowest BCUT2D eigenvalue weighted by Gasteiger charge is -2.08. The van der Waals surface area contributed by atoms with Crippen LogP contribution in [0.25, 0.3) is 0 Å². The standard InChI is InChI=1S/C22H17F2NO/c1-16-13-18(15-20(14-16)25-19-5-3-2-4-6-19)8-7-17-9-11-21(12-10-17)26-22(23)24/h2-6,9-15,22,25H,1H3. The first-order valence-electron chi connectivity index (χ1n) is 8.09. The molecule has 0 radical (unpaired) electrons. The highest BCUT2D eigenvalue weighted by atomic mass is 19.3. The Morgan fingerprint density at radius 1 is 0.808 bits per heavy atom. The van der Waals surface area contributed by atoms with Crippen molar-refractivity contribution in [2.75, 3.05) is 5.32 Å². The summed E-state index contributed by atoms with van der Waals surface area (Å²) in [5.41, 5.74) is 4.66. The summed E-state index contributed by atoms with van der Waals surface area (Å²) in [5.74, 6) is 6.27. The lowest BCUT2D eigenvalue weighted by atomic mass is 10.1. The number of nitrogens with one attached hydrogen (secondary N) is 1. The number of alkyl halides is 2. The first-order chi connectivity index (χ1) is 12.6. The zero-order valence-corrected chi connectivity index (χ0v) is 14.2. The van der Waals surface area contributed by atoms with Gasteiger partial charge in [0.1, 0.15) is 5.75 Å². The Labute approximate surface area is 151 Å². The molecule has 3 aromatic rings. The number of anilines is 2. The number of para-hydroxylation sites is 1. The van der Waals surface area contributed by atoms with Crippen LogP contribution in [0.15, 0.2) is 72.8 Å². The van der Waals surface area contributed by atoms with Crippen molar-refractivity contribution in [1.82, 2.24) is 0 Å². The topological polar surface area (TPSA) is 21.3 Å². The van der Waals surface area contributed by atoms with Gasteiger partial charge < -0.3 is 10.1 Å². The fourth-order valence-electron chi connectivity index (χ4n) is 2.48. The lowest BCUT2D eigenvalue weighted by Crippen LogP contribution is -2.01. The molecule has 0 unspecified atom stereocenters. The summed E-state index contributed by atoms with van der Waals surface area (Å²) in [6.45, 7) is -0.813. The van der Waals surface area contributed by atoms with Crippen molar-refractivity contribution >= 4 is 11.4 Å². The first-order valence-corrected chi connectivity index (χ1v) is 8.09. The van der Waals surface area contributed by atoms with Gasteiger partial charge in [0.15, 0.2) is 0 Å². The number of rotatable bonds is 4. The van der Waals surface area contributed by atoms with Crippen molar-refractivity contribution in [2.45, 2.75) is 13.5 Å². The van der Waals surface area contributed by atoms with Crippen LogP contribution in [-0.4, -0.2) is 6.61 Å². The van der Waals surface area contributed by atoms with Crippen LogP contribution >= 0.6 is 0 Å². The second kappa shape index (κ2) is 8.17. The molecule has 0 spiro atoms. The SMILES string of the molecule is Cc1cc(C#Cc2ccc(OC(F)F)cc2)cc(Nc2ccccc2)c1. The average Bonchev–Trinajstić information content (AvgIpc) is 2.61. The van der Waals surface area contributed by atoms with Crippen LogP contribution < -0.4 is 10.1 Å². The van der Waals surface area contributed by atoms with E-state index in [1.165, 1.54) is 12.1 Å². The summed E-state index contributed by atoms with van der Waals surface area (Å²) in [6.07, 6.45) is 0. The molecule has 0 heterocycles. The van der Waals surface area contributed by atoms with E-state index in [1.807, 2.05) is 49.4 Å². The van der Waals surface area contributed by atoms with E-state index in [0.717, 1.165) is 28.1 Å². The van der Waals surface area contributed by atoms with E-state index in [9.17, 15) is 8.78 Å². The van der Waals surface area contributed by atoms with Crippen molar-refractivity contribution in [1.29, 1.82) is 0 Å². The maximum atomic E-state index is 12.2. The summed E-state index contributed by atoms with van der Waals surface area (Å²) in [7, 11) is 0. The molecule has 26 heavy (non-hydrogen) atoms. The molecule has 0 aromatic heterocycles. The summed E-state index contributed by atoms with van der Waals surface area (Å²) in [6, 6.07) is 22.2. The van der Waals surface area contributed by atoms with Crippen LogP contribution in [0.5, 0.6) is 5.75 Å². The van der Waals surface area contributed by atoms with Gasteiger partial charge in [0.2, 0.25) is 0 Å². The third-order valence-electron chi connectivity index (χ3n) is 3.57. The van der Waals surface area contributed by atoms with Crippen LogP contribution in [0.3, 0.4) is 0 Å². The molecule has 1 N–H and O–H groups in total. The lowest BCUT2D eigenvalue weighted by molar-refractivity contribution is -0.0498. The molecule has 3 rings (SSSR count). The zero-order valence-electron chi connectivity index (χ0n) is 14.2. The van der Waals surface area contributed by atoms with Crippen molar-refractivity contribution in [3.8, 4) is 17.6 Å². The second-order valence-electron chi connectivity index (χ2n) is 5.73.